The van der Waals surface area contributed by atoms with Gasteiger partial charge in [-0.25, -0.2) is 0 Å². The molecule has 1 aromatic heterocycles. The van der Waals surface area contributed by atoms with E-state index in [-0.39, 0.29) is 19.0 Å². The molecule has 0 aliphatic rings. The van der Waals surface area contributed by atoms with Gasteiger partial charge in [0, 0.05) is 34.9 Å². The molecular formula is C24H21F3N2O. The van der Waals surface area contributed by atoms with Crippen LogP contribution >= 0.6 is 0 Å². The molecule has 0 fully saturated rings. The largest absolute Gasteiger partial charge is 0.416 e. The van der Waals surface area contributed by atoms with E-state index >= 15 is 0 Å². The maximum atomic E-state index is 13.1. The first-order valence-electron chi connectivity index (χ1n) is 9.78. The summed E-state index contributed by atoms with van der Waals surface area (Å²) >= 11 is 0. The van der Waals surface area contributed by atoms with Gasteiger partial charge < -0.3 is 9.47 Å². The number of likely N-dealkylation sites (N-methyl/N-ethyl adjacent to an activating group) is 1. The normalized spacial score (nSPS) is 11.9. The molecule has 0 unspecified atom stereocenters. The molecule has 0 atom stereocenters. The number of carbonyl (C=O) groups excluding carboxylic acids is 1. The van der Waals surface area contributed by atoms with Gasteiger partial charge in [0.05, 0.1) is 5.56 Å². The molecule has 1 heterocycles. The van der Waals surface area contributed by atoms with Crippen LogP contribution in [0.2, 0.25) is 0 Å². The fourth-order valence-electron chi connectivity index (χ4n) is 3.80. The molecule has 0 spiro atoms. The van der Waals surface area contributed by atoms with E-state index in [0.29, 0.717) is 12.1 Å². The van der Waals surface area contributed by atoms with E-state index in [4.69, 9.17) is 0 Å². The smallest absolute Gasteiger partial charge is 0.337 e. The van der Waals surface area contributed by atoms with Crippen molar-refractivity contribution in [3.8, 4) is 0 Å². The van der Waals surface area contributed by atoms with Crippen LogP contribution in [-0.2, 0) is 24.1 Å². The Morgan fingerprint density at radius 2 is 1.40 bits per heavy atom. The lowest BCUT2D eigenvalue weighted by Crippen LogP contribution is -2.33. The van der Waals surface area contributed by atoms with Gasteiger partial charge in [0.2, 0.25) is 5.91 Å². The average Bonchev–Trinajstić information content (AvgIpc) is 3.06. The second-order valence-corrected chi connectivity index (χ2v) is 7.22. The molecule has 154 valence electrons. The monoisotopic (exact) mass is 410 g/mol. The fourth-order valence-corrected chi connectivity index (χ4v) is 3.80. The van der Waals surface area contributed by atoms with E-state index in [2.05, 4.69) is 0 Å². The molecular weight excluding hydrogens is 389 g/mol. The first-order valence-corrected chi connectivity index (χ1v) is 9.78. The Morgan fingerprint density at radius 3 is 1.90 bits per heavy atom. The summed E-state index contributed by atoms with van der Waals surface area (Å²) in [6.07, 6.45) is -4.37. The molecule has 0 saturated heterocycles. The Bertz CT molecular complexity index is 1140. The summed E-state index contributed by atoms with van der Waals surface area (Å²) < 4.78 is 40.3. The number of fused-ring (bicyclic) bond motifs is 3. The topological polar surface area (TPSA) is 25.2 Å². The zero-order valence-electron chi connectivity index (χ0n) is 16.5. The zero-order chi connectivity index (χ0) is 21.3. The molecule has 0 aliphatic heterocycles. The molecule has 0 aliphatic carbocycles. The lowest BCUT2D eigenvalue weighted by molar-refractivity contribution is -0.137. The van der Waals surface area contributed by atoms with Gasteiger partial charge in [-0.1, -0.05) is 48.5 Å². The minimum atomic E-state index is -4.37. The van der Waals surface area contributed by atoms with E-state index in [1.807, 2.05) is 60.0 Å². The van der Waals surface area contributed by atoms with Crippen LogP contribution in [0.1, 0.15) is 18.1 Å². The first kappa shape index (κ1) is 20.0. The number of alkyl halides is 3. The Balaban J connectivity index is 1.59. The number of para-hydroxylation sites is 2. The van der Waals surface area contributed by atoms with Crippen molar-refractivity contribution in [1.29, 1.82) is 0 Å². The van der Waals surface area contributed by atoms with Crippen molar-refractivity contribution in [2.24, 2.45) is 0 Å². The number of nitrogens with zero attached hydrogens (tertiary/aromatic N) is 2. The standard InChI is InChI=1S/C24H21F3N2O/c1-2-28(15-17-11-13-18(14-12-17)24(25,26)27)23(30)16-29-21-9-5-3-7-19(21)20-8-4-6-10-22(20)29/h3-14H,2,15-16H2,1H3. The van der Waals surface area contributed by atoms with Crippen molar-refractivity contribution in [1.82, 2.24) is 9.47 Å². The summed E-state index contributed by atoms with van der Waals surface area (Å²) in [5.41, 5.74) is 1.95. The van der Waals surface area contributed by atoms with Crippen molar-refractivity contribution >= 4 is 27.7 Å². The van der Waals surface area contributed by atoms with E-state index in [0.717, 1.165) is 33.9 Å². The quantitative estimate of drug-likeness (QED) is 0.404. The molecule has 30 heavy (non-hydrogen) atoms. The van der Waals surface area contributed by atoms with Gasteiger partial charge in [-0.05, 0) is 36.8 Å². The van der Waals surface area contributed by atoms with Crippen LogP contribution in [0.4, 0.5) is 13.2 Å². The van der Waals surface area contributed by atoms with E-state index in [1.54, 1.807) is 4.90 Å². The van der Waals surface area contributed by atoms with Crippen LogP contribution in [0.3, 0.4) is 0 Å². The van der Waals surface area contributed by atoms with Gasteiger partial charge in [-0.15, -0.1) is 0 Å². The van der Waals surface area contributed by atoms with Gasteiger partial charge in [-0.2, -0.15) is 13.2 Å². The van der Waals surface area contributed by atoms with Crippen LogP contribution in [-0.4, -0.2) is 21.9 Å². The van der Waals surface area contributed by atoms with Crippen molar-refractivity contribution in [3.63, 3.8) is 0 Å². The summed E-state index contributed by atoms with van der Waals surface area (Å²) in [5, 5.41) is 2.18. The maximum absolute atomic E-state index is 13.1. The molecule has 1 amide bonds. The predicted molar refractivity (Wildman–Crippen MR) is 112 cm³/mol. The lowest BCUT2D eigenvalue weighted by atomic mass is 10.1. The number of hydrogen-bond acceptors (Lipinski definition) is 1. The molecule has 6 heteroatoms. The van der Waals surface area contributed by atoms with Gasteiger partial charge in [0.1, 0.15) is 6.54 Å². The summed E-state index contributed by atoms with van der Waals surface area (Å²) in [6.45, 7) is 2.78. The van der Waals surface area contributed by atoms with Crippen LogP contribution in [0.5, 0.6) is 0 Å². The lowest BCUT2D eigenvalue weighted by Gasteiger charge is -2.22. The van der Waals surface area contributed by atoms with Crippen LogP contribution in [0.25, 0.3) is 21.8 Å². The molecule has 3 aromatic carbocycles. The highest BCUT2D eigenvalue weighted by atomic mass is 19.4. The number of carbonyl (C=O) groups is 1. The Kier molecular flexibility index (Phi) is 5.24. The molecule has 0 N–H and O–H groups in total. The third-order valence-electron chi connectivity index (χ3n) is 5.36. The summed E-state index contributed by atoms with van der Waals surface area (Å²) in [4.78, 5) is 14.7. The highest BCUT2D eigenvalue weighted by molar-refractivity contribution is 6.08. The summed E-state index contributed by atoms with van der Waals surface area (Å²) in [6, 6.07) is 20.9. The van der Waals surface area contributed by atoms with Crippen LogP contribution in [0.15, 0.2) is 72.8 Å². The molecule has 4 rings (SSSR count). The molecule has 0 bridgehead atoms. The number of hydrogen-bond donors (Lipinski definition) is 0. The Morgan fingerprint density at radius 1 is 0.867 bits per heavy atom. The summed E-state index contributed by atoms with van der Waals surface area (Å²) in [5.74, 6) is -0.0797. The second kappa shape index (κ2) is 7.86. The number of halogens is 3. The molecule has 0 radical (unpaired) electrons. The minimum Gasteiger partial charge on any atom is -0.337 e. The zero-order valence-corrected chi connectivity index (χ0v) is 16.5. The number of amides is 1. The van der Waals surface area contributed by atoms with Crippen molar-refractivity contribution in [3.05, 3.63) is 83.9 Å². The van der Waals surface area contributed by atoms with Crippen molar-refractivity contribution in [2.75, 3.05) is 6.54 Å². The average molecular weight is 410 g/mol. The fraction of sp³-hybridized carbons (Fsp3) is 0.208. The van der Waals surface area contributed by atoms with Gasteiger partial charge in [-0.3, -0.25) is 4.79 Å². The molecule has 0 saturated carbocycles. The van der Waals surface area contributed by atoms with Crippen LogP contribution in [0, 0.1) is 0 Å². The second-order valence-electron chi connectivity index (χ2n) is 7.22. The van der Waals surface area contributed by atoms with Gasteiger partial charge >= 0.3 is 6.18 Å². The van der Waals surface area contributed by atoms with Crippen molar-refractivity contribution < 1.29 is 18.0 Å². The van der Waals surface area contributed by atoms with Crippen molar-refractivity contribution in [2.45, 2.75) is 26.2 Å². The third-order valence-corrected chi connectivity index (χ3v) is 5.36. The third kappa shape index (κ3) is 3.77. The maximum Gasteiger partial charge on any atom is 0.416 e. The number of benzene rings is 3. The predicted octanol–water partition coefficient (Wildman–Crippen LogP) is 5.86. The first-order chi connectivity index (χ1) is 14.4. The number of aromatic nitrogens is 1. The van der Waals surface area contributed by atoms with E-state index in [1.165, 1.54) is 12.1 Å². The minimum absolute atomic E-state index is 0.0797. The van der Waals surface area contributed by atoms with Crippen LogP contribution < -0.4 is 0 Å². The SMILES string of the molecule is CCN(Cc1ccc(C(F)(F)F)cc1)C(=O)Cn1c2ccccc2c2ccccc21. The Labute approximate surface area is 172 Å². The molecule has 4 aromatic rings. The van der Waals surface area contributed by atoms with Gasteiger partial charge in [0.25, 0.3) is 0 Å². The van der Waals surface area contributed by atoms with E-state index in [9.17, 15) is 18.0 Å². The summed E-state index contributed by atoms with van der Waals surface area (Å²) in [7, 11) is 0. The van der Waals surface area contributed by atoms with Gasteiger partial charge in [0.15, 0.2) is 0 Å². The highest BCUT2D eigenvalue weighted by Gasteiger charge is 2.30. The number of rotatable bonds is 5. The van der Waals surface area contributed by atoms with E-state index < -0.39 is 11.7 Å². The molecule has 3 nitrogen and oxygen atoms in total. The Hall–Kier alpha value is -3.28. The highest BCUT2D eigenvalue weighted by Crippen LogP contribution is 2.30.